The first-order chi connectivity index (χ1) is 26.9. The minimum atomic E-state index is -0.402. The van der Waals surface area contributed by atoms with Crippen LogP contribution in [0.3, 0.4) is 0 Å². The van der Waals surface area contributed by atoms with Gasteiger partial charge < -0.3 is 39.1 Å². The van der Waals surface area contributed by atoms with Gasteiger partial charge in [0, 0.05) is 68.2 Å². The smallest absolute Gasteiger partial charge is 0.399 e. The second-order valence-electron chi connectivity index (χ2n) is 17.1. The van der Waals surface area contributed by atoms with Gasteiger partial charge in [0.1, 0.15) is 0 Å². The molecule has 5 aliphatic rings. The molecule has 0 bridgehead atoms. The van der Waals surface area contributed by atoms with Crippen LogP contribution in [0, 0.1) is 11.8 Å². The molecular formula is C44H56BBrN6O4. The average molecular weight is 824 g/mol. The number of anilines is 4. The number of aliphatic hydroxyl groups is 2. The van der Waals surface area contributed by atoms with Crippen LogP contribution in [0.4, 0.5) is 22.7 Å². The van der Waals surface area contributed by atoms with Crippen molar-refractivity contribution in [1.82, 2.24) is 9.97 Å². The molecule has 3 aliphatic heterocycles. The number of aliphatic hydroxyl groups excluding tert-OH is 2. The van der Waals surface area contributed by atoms with Crippen molar-refractivity contribution in [3.63, 3.8) is 0 Å². The number of halogens is 1. The summed E-state index contributed by atoms with van der Waals surface area (Å²) in [5, 5.41) is 20.4. The summed E-state index contributed by atoms with van der Waals surface area (Å²) in [7, 11) is -0.320. The molecule has 2 atom stereocenters. The van der Waals surface area contributed by atoms with Crippen molar-refractivity contribution in [3.05, 3.63) is 101 Å². The summed E-state index contributed by atoms with van der Waals surface area (Å²) < 4.78 is 13.5. The van der Waals surface area contributed by atoms with Crippen LogP contribution in [-0.4, -0.2) is 90.9 Å². The van der Waals surface area contributed by atoms with Crippen LogP contribution in [0.25, 0.3) is 0 Å². The van der Waals surface area contributed by atoms with Gasteiger partial charge in [-0.15, -0.1) is 0 Å². The Hall–Kier alpha value is -3.68. The quantitative estimate of drug-likeness (QED) is 0.176. The lowest BCUT2D eigenvalue weighted by Gasteiger charge is -2.37. The van der Waals surface area contributed by atoms with Crippen molar-refractivity contribution in [1.29, 1.82) is 0 Å². The van der Waals surface area contributed by atoms with E-state index in [0.29, 0.717) is 11.8 Å². The molecule has 0 radical (unpaired) electrons. The number of hydrogen-bond acceptors (Lipinski definition) is 10. The predicted molar refractivity (Wildman–Crippen MR) is 229 cm³/mol. The number of rotatable bonds is 9. The number of pyridine rings is 2. The van der Waals surface area contributed by atoms with Crippen molar-refractivity contribution in [3.8, 4) is 0 Å². The van der Waals surface area contributed by atoms with Crippen LogP contribution in [0.5, 0.6) is 0 Å². The highest BCUT2D eigenvalue weighted by atomic mass is 79.9. The molecule has 2 aromatic carbocycles. The Balaban J connectivity index is 0.000000164. The minimum Gasteiger partial charge on any atom is -0.399 e. The minimum absolute atomic E-state index is 0.320. The number of aromatic nitrogens is 2. The molecule has 5 fully saturated rings. The molecule has 3 saturated heterocycles. The fourth-order valence-corrected chi connectivity index (χ4v) is 8.01. The van der Waals surface area contributed by atoms with Crippen LogP contribution in [0.15, 0.2) is 89.7 Å². The highest BCUT2D eigenvalue weighted by Crippen LogP contribution is 2.41. The monoisotopic (exact) mass is 822 g/mol. The SMILES string of the molecule is CC1(C)OB(c2ccc(N3CCN(c4ccc(C(O)C5CC5)nc4)CC3)cc2)OC1(C)C.OC(c1ccc(N2CCN(c3ccc(Br)cc3)CC2)cn1)C1CC1. The normalized spacial score (nSPS) is 21.7. The highest BCUT2D eigenvalue weighted by Gasteiger charge is 2.51. The summed E-state index contributed by atoms with van der Waals surface area (Å²) >= 11 is 3.49. The molecule has 0 spiro atoms. The molecule has 5 heterocycles. The highest BCUT2D eigenvalue weighted by molar-refractivity contribution is 9.10. The molecule has 296 valence electrons. The number of benzene rings is 2. The molecule has 10 nitrogen and oxygen atoms in total. The molecule has 2 saturated carbocycles. The third-order valence-electron chi connectivity index (χ3n) is 12.5. The Morgan fingerprint density at radius 1 is 0.554 bits per heavy atom. The van der Waals surface area contributed by atoms with Crippen LogP contribution in [0.1, 0.15) is 77.0 Å². The van der Waals surface area contributed by atoms with E-state index in [-0.39, 0.29) is 24.4 Å². The van der Waals surface area contributed by atoms with Crippen molar-refractivity contribution in [2.24, 2.45) is 11.8 Å². The lowest BCUT2D eigenvalue weighted by atomic mass is 9.79. The summed E-state index contributed by atoms with van der Waals surface area (Å²) in [6, 6.07) is 25.3. The molecule has 9 rings (SSSR count). The van der Waals surface area contributed by atoms with Gasteiger partial charge in [0.25, 0.3) is 0 Å². The zero-order valence-corrected chi connectivity index (χ0v) is 34.8. The van der Waals surface area contributed by atoms with Crippen molar-refractivity contribution in [2.45, 2.75) is 76.8 Å². The lowest BCUT2D eigenvalue weighted by molar-refractivity contribution is 0.00578. The Bertz CT molecular complexity index is 1880. The predicted octanol–water partition coefficient (Wildman–Crippen LogP) is 6.76. The summed E-state index contributed by atoms with van der Waals surface area (Å²) in [6.07, 6.45) is 7.53. The second-order valence-corrected chi connectivity index (χ2v) is 18.0. The van der Waals surface area contributed by atoms with E-state index in [0.717, 1.165) is 111 Å². The van der Waals surface area contributed by atoms with Crippen LogP contribution < -0.4 is 25.1 Å². The van der Waals surface area contributed by atoms with Gasteiger partial charge >= 0.3 is 7.12 Å². The Labute approximate surface area is 341 Å². The van der Waals surface area contributed by atoms with Crippen LogP contribution in [0.2, 0.25) is 0 Å². The zero-order chi connectivity index (χ0) is 39.0. The molecular weight excluding hydrogens is 767 g/mol. The van der Waals surface area contributed by atoms with Gasteiger partial charge in [0.15, 0.2) is 0 Å². The molecule has 0 amide bonds. The van der Waals surface area contributed by atoms with Gasteiger partial charge in [0.2, 0.25) is 0 Å². The zero-order valence-electron chi connectivity index (χ0n) is 33.2. The third kappa shape index (κ3) is 8.89. The molecule has 12 heteroatoms. The van der Waals surface area contributed by atoms with Crippen LogP contribution >= 0.6 is 15.9 Å². The van der Waals surface area contributed by atoms with E-state index in [2.05, 4.69) is 134 Å². The van der Waals surface area contributed by atoms with Gasteiger partial charge in [-0.3, -0.25) is 9.97 Å². The summed E-state index contributed by atoms with van der Waals surface area (Å²) in [6.45, 7) is 16.1. The maximum absolute atomic E-state index is 10.3. The summed E-state index contributed by atoms with van der Waals surface area (Å²) in [4.78, 5) is 18.6. The van der Waals surface area contributed by atoms with Crippen molar-refractivity contribution in [2.75, 3.05) is 72.0 Å². The fourth-order valence-electron chi connectivity index (χ4n) is 7.74. The van der Waals surface area contributed by atoms with Gasteiger partial charge in [-0.25, -0.2) is 0 Å². The number of hydrogen-bond donors (Lipinski definition) is 2. The van der Waals surface area contributed by atoms with Gasteiger partial charge in [-0.05, 0) is 131 Å². The first kappa shape index (κ1) is 39.2. The van der Waals surface area contributed by atoms with Gasteiger partial charge in [-0.1, -0.05) is 28.1 Å². The van der Waals surface area contributed by atoms with Gasteiger partial charge in [0.05, 0.1) is 58.6 Å². The van der Waals surface area contributed by atoms with E-state index in [1.54, 1.807) is 0 Å². The Kier molecular flexibility index (Phi) is 11.4. The molecule has 2 aromatic heterocycles. The molecule has 2 N–H and O–H groups in total. The van der Waals surface area contributed by atoms with E-state index in [4.69, 9.17) is 9.31 Å². The number of piperazine rings is 2. The van der Waals surface area contributed by atoms with Crippen molar-refractivity contribution >= 4 is 51.3 Å². The molecule has 2 unspecified atom stereocenters. The maximum Gasteiger partial charge on any atom is 0.494 e. The topological polar surface area (TPSA) is 97.7 Å². The second kappa shape index (κ2) is 16.3. The largest absolute Gasteiger partial charge is 0.494 e. The Morgan fingerprint density at radius 2 is 0.893 bits per heavy atom. The molecule has 56 heavy (non-hydrogen) atoms. The maximum atomic E-state index is 10.3. The Morgan fingerprint density at radius 3 is 1.23 bits per heavy atom. The van der Waals surface area contributed by atoms with E-state index in [1.807, 2.05) is 24.5 Å². The lowest BCUT2D eigenvalue weighted by Crippen LogP contribution is -2.46. The van der Waals surface area contributed by atoms with Gasteiger partial charge in [-0.2, -0.15) is 0 Å². The molecule has 4 aromatic rings. The summed E-state index contributed by atoms with van der Waals surface area (Å²) in [5.74, 6) is 0.839. The number of nitrogens with zero attached hydrogens (tertiary/aromatic N) is 6. The van der Waals surface area contributed by atoms with Crippen LogP contribution in [-0.2, 0) is 9.31 Å². The first-order valence-corrected chi connectivity index (χ1v) is 21.2. The van der Waals surface area contributed by atoms with E-state index in [9.17, 15) is 10.2 Å². The fraction of sp³-hybridized carbons (Fsp3) is 0.500. The van der Waals surface area contributed by atoms with E-state index in [1.165, 1.54) is 11.4 Å². The first-order valence-electron chi connectivity index (χ1n) is 20.4. The average Bonchev–Trinajstić information content (AvgIpc) is 4.16. The van der Waals surface area contributed by atoms with E-state index >= 15 is 0 Å². The van der Waals surface area contributed by atoms with E-state index < -0.39 is 6.10 Å². The summed E-state index contributed by atoms with van der Waals surface area (Å²) in [5.41, 5.74) is 6.82. The molecule has 2 aliphatic carbocycles. The standard InChI is InChI=1S/C25H34BN3O3.C19H22BrN3O/c1-24(2)25(3,4)32-26(31-24)19-7-9-20(10-8-19)28-13-15-29(16-14-28)21-11-12-22(27-17-21)23(30)18-5-6-18;20-15-3-5-16(6-4-15)22-9-11-23(12-10-22)17-7-8-18(21-13-17)19(24)14-1-2-14/h7-12,17-18,23,30H,5-6,13-16H2,1-4H3;3-8,13-14,19,24H,1-2,9-12H2. The third-order valence-corrected chi connectivity index (χ3v) is 13.1. The van der Waals surface area contributed by atoms with Crippen molar-refractivity contribution < 1.29 is 19.5 Å².